The first-order chi connectivity index (χ1) is 15.3. The van der Waals surface area contributed by atoms with Gasteiger partial charge in [0.05, 0.1) is 0 Å². The third kappa shape index (κ3) is 4.14. The van der Waals surface area contributed by atoms with E-state index < -0.39 is 0 Å². The van der Waals surface area contributed by atoms with Crippen molar-refractivity contribution >= 4 is 5.82 Å². The Labute approximate surface area is 180 Å². The highest BCUT2D eigenvalue weighted by atomic mass is 16.5. The molecule has 0 atom stereocenters. The molecule has 4 aromatic rings. The topological polar surface area (TPSA) is 93.7 Å². The number of anilines is 1. The first-order valence-electron chi connectivity index (χ1n) is 10.6. The van der Waals surface area contributed by atoms with Gasteiger partial charge in [0.15, 0.2) is 5.82 Å². The van der Waals surface area contributed by atoms with E-state index in [1.165, 1.54) is 0 Å². The highest BCUT2D eigenvalue weighted by molar-refractivity contribution is 5.54. The van der Waals surface area contributed by atoms with Crippen LogP contribution in [0.25, 0.3) is 23.0 Å². The Hall–Kier alpha value is -3.68. The van der Waals surface area contributed by atoms with E-state index in [-0.39, 0.29) is 5.92 Å². The normalized spacial score (nSPS) is 14.7. The fourth-order valence-corrected chi connectivity index (χ4v) is 3.79. The molecule has 8 nitrogen and oxygen atoms in total. The Morgan fingerprint density at radius 2 is 1.61 bits per heavy atom. The van der Waals surface area contributed by atoms with Crippen molar-refractivity contribution < 1.29 is 4.52 Å². The summed E-state index contributed by atoms with van der Waals surface area (Å²) in [4.78, 5) is 25.1. The predicted molar refractivity (Wildman–Crippen MR) is 116 cm³/mol. The van der Waals surface area contributed by atoms with E-state index in [9.17, 15) is 0 Å². The Bertz CT molecular complexity index is 1140. The molecule has 0 saturated carbocycles. The zero-order valence-electron chi connectivity index (χ0n) is 17.3. The fraction of sp³-hybridized carbons (Fsp3) is 0.304. The Balaban J connectivity index is 1.31. The largest absolute Gasteiger partial charge is 0.356 e. The summed E-state index contributed by atoms with van der Waals surface area (Å²) in [5.41, 5.74) is 2.54. The SMILES string of the molecule is CCc1cc(N2CCC(c3nc(-c4ccccn4)no3)CC2)nc(-c2ccccn2)n1. The van der Waals surface area contributed by atoms with Crippen LogP contribution in [0.4, 0.5) is 5.82 Å². The maximum absolute atomic E-state index is 5.56. The minimum absolute atomic E-state index is 0.240. The lowest BCUT2D eigenvalue weighted by atomic mass is 9.96. The molecule has 1 saturated heterocycles. The van der Waals surface area contributed by atoms with E-state index in [4.69, 9.17) is 9.51 Å². The van der Waals surface area contributed by atoms with Gasteiger partial charge < -0.3 is 9.42 Å². The average Bonchev–Trinajstić information content (AvgIpc) is 3.35. The van der Waals surface area contributed by atoms with Gasteiger partial charge in [-0.2, -0.15) is 4.98 Å². The molecule has 0 radical (unpaired) electrons. The Morgan fingerprint density at radius 1 is 0.903 bits per heavy atom. The van der Waals surface area contributed by atoms with Crippen molar-refractivity contribution in [3.63, 3.8) is 0 Å². The molecule has 8 heteroatoms. The maximum atomic E-state index is 5.56. The van der Waals surface area contributed by atoms with Crippen LogP contribution in [0.2, 0.25) is 0 Å². The van der Waals surface area contributed by atoms with Crippen LogP contribution in [-0.4, -0.2) is 43.2 Å². The molecule has 0 bridgehead atoms. The standard InChI is InChI=1S/C23H23N7O/c1-2-17-15-20(27-21(26-17)18-7-3-5-11-24-18)30-13-9-16(10-14-30)23-28-22(29-31-23)19-8-4-6-12-25-19/h3-8,11-12,15-16H,2,9-10,13-14H2,1H3. The van der Waals surface area contributed by atoms with Crippen LogP contribution in [0.3, 0.4) is 0 Å². The minimum Gasteiger partial charge on any atom is -0.356 e. The highest BCUT2D eigenvalue weighted by Gasteiger charge is 2.27. The van der Waals surface area contributed by atoms with Gasteiger partial charge in [0.1, 0.15) is 17.2 Å². The summed E-state index contributed by atoms with van der Waals surface area (Å²) >= 11 is 0. The lowest BCUT2D eigenvalue weighted by Gasteiger charge is -2.31. The zero-order valence-corrected chi connectivity index (χ0v) is 17.3. The summed E-state index contributed by atoms with van der Waals surface area (Å²) in [7, 11) is 0. The van der Waals surface area contributed by atoms with Crippen molar-refractivity contribution in [2.45, 2.75) is 32.1 Å². The van der Waals surface area contributed by atoms with Gasteiger partial charge in [-0.05, 0) is 43.5 Å². The van der Waals surface area contributed by atoms with Crippen LogP contribution in [0.1, 0.15) is 37.3 Å². The lowest BCUT2D eigenvalue weighted by molar-refractivity contribution is 0.329. The highest BCUT2D eigenvalue weighted by Crippen LogP contribution is 2.30. The van der Waals surface area contributed by atoms with Crippen molar-refractivity contribution in [3.05, 3.63) is 66.4 Å². The van der Waals surface area contributed by atoms with Crippen molar-refractivity contribution in [3.8, 4) is 23.0 Å². The molecule has 1 fully saturated rings. The molecule has 5 rings (SSSR count). The van der Waals surface area contributed by atoms with Gasteiger partial charge in [0, 0.05) is 43.2 Å². The molecule has 31 heavy (non-hydrogen) atoms. The third-order valence-electron chi connectivity index (χ3n) is 5.53. The summed E-state index contributed by atoms with van der Waals surface area (Å²) in [6.45, 7) is 3.84. The second-order valence-electron chi connectivity index (χ2n) is 7.54. The van der Waals surface area contributed by atoms with Crippen LogP contribution in [0, 0.1) is 0 Å². The molecule has 5 heterocycles. The van der Waals surface area contributed by atoms with Crippen LogP contribution in [-0.2, 0) is 6.42 Å². The summed E-state index contributed by atoms with van der Waals surface area (Å²) in [6.07, 6.45) is 6.20. The molecule has 0 aliphatic carbocycles. The van der Waals surface area contributed by atoms with E-state index in [1.54, 1.807) is 12.4 Å². The first kappa shape index (κ1) is 19.3. The number of piperidine rings is 1. The summed E-state index contributed by atoms with van der Waals surface area (Å²) < 4.78 is 5.56. The zero-order chi connectivity index (χ0) is 21.0. The Kier molecular flexibility index (Phi) is 5.35. The van der Waals surface area contributed by atoms with E-state index in [0.29, 0.717) is 17.5 Å². The number of pyridine rings is 2. The van der Waals surface area contributed by atoms with E-state index in [2.05, 4.69) is 43.0 Å². The van der Waals surface area contributed by atoms with Crippen molar-refractivity contribution in [1.82, 2.24) is 30.1 Å². The van der Waals surface area contributed by atoms with Crippen LogP contribution in [0.5, 0.6) is 0 Å². The van der Waals surface area contributed by atoms with Gasteiger partial charge in [-0.15, -0.1) is 0 Å². The second-order valence-corrected chi connectivity index (χ2v) is 7.54. The average molecular weight is 413 g/mol. The molecular formula is C23H23N7O. The molecule has 0 amide bonds. The maximum Gasteiger partial charge on any atom is 0.230 e. The molecule has 1 aliphatic heterocycles. The number of aryl methyl sites for hydroxylation is 1. The van der Waals surface area contributed by atoms with Gasteiger partial charge in [-0.25, -0.2) is 9.97 Å². The van der Waals surface area contributed by atoms with E-state index in [1.807, 2.05) is 36.4 Å². The van der Waals surface area contributed by atoms with Crippen LogP contribution in [0.15, 0.2) is 59.4 Å². The van der Waals surface area contributed by atoms with Gasteiger partial charge >= 0.3 is 0 Å². The lowest BCUT2D eigenvalue weighted by Crippen LogP contribution is -2.33. The summed E-state index contributed by atoms with van der Waals surface area (Å²) in [6, 6.07) is 13.6. The molecule has 156 valence electrons. The summed E-state index contributed by atoms with van der Waals surface area (Å²) in [5, 5.41) is 4.12. The van der Waals surface area contributed by atoms with Crippen molar-refractivity contribution in [1.29, 1.82) is 0 Å². The van der Waals surface area contributed by atoms with E-state index >= 15 is 0 Å². The van der Waals surface area contributed by atoms with Crippen molar-refractivity contribution in [2.75, 3.05) is 18.0 Å². The molecule has 1 aliphatic rings. The first-order valence-corrected chi connectivity index (χ1v) is 10.6. The molecule has 0 spiro atoms. The third-order valence-corrected chi connectivity index (χ3v) is 5.53. The molecule has 0 aromatic carbocycles. The molecule has 4 aromatic heterocycles. The molecular weight excluding hydrogens is 390 g/mol. The van der Waals surface area contributed by atoms with Gasteiger partial charge in [0.2, 0.25) is 11.7 Å². The predicted octanol–water partition coefficient (Wildman–Crippen LogP) is 3.93. The molecule has 0 N–H and O–H groups in total. The van der Waals surface area contributed by atoms with Crippen LogP contribution >= 0.6 is 0 Å². The number of hydrogen-bond acceptors (Lipinski definition) is 8. The van der Waals surface area contributed by atoms with Gasteiger partial charge in [-0.1, -0.05) is 24.2 Å². The Morgan fingerprint density at radius 3 is 2.26 bits per heavy atom. The minimum atomic E-state index is 0.240. The fourth-order valence-electron chi connectivity index (χ4n) is 3.79. The second kappa shape index (κ2) is 8.59. The summed E-state index contributed by atoms with van der Waals surface area (Å²) in [5.74, 6) is 3.09. The quantitative estimate of drug-likeness (QED) is 0.486. The number of aromatic nitrogens is 6. The number of nitrogens with zero attached hydrogens (tertiary/aromatic N) is 7. The van der Waals surface area contributed by atoms with Gasteiger partial charge in [-0.3, -0.25) is 9.97 Å². The van der Waals surface area contributed by atoms with E-state index in [0.717, 1.165) is 55.3 Å². The van der Waals surface area contributed by atoms with Crippen LogP contribution < -0.4 is 4.90 Å². The van der Waals surface area contributed by atoms with Crippen molar-refractivity contribution in [2.24, 2.45) is 0 Å². The molecule has 0 unspecified atom stereocenters. The number of hydrogen-bond donors (Lipinski definition) is 0. The van der Waals surface area contributed by atoms with Gasteiger partial charge in [0.25, 0.3) is 0 Å². The monoisotopic (exact) mass is 413 g/mol. The number of rotatable bonds is 5. The smallest absolute Gasteiger partial charge is 0.230 e.